The molecule has 0 aliphatic carbocycles. The number of nitrogen functional groups attached to an aromatic ring is 1. The Morgan fingerprint density at radius 2 is 2.19 bits per heavy atom. The third-order valence-corrected chi connectivity index (χ3v) is 2.51. The van der Waals surface area contributed by atoms with Crippen molar-refractivity contribution in [3.8, 4) is 17.5 Å². The van der Waals surface area contributed by atoms with E-state index in [9.17, 15) is 0 Å². The van der Waals surface area contributed by atoms with Crippen LogP contribution in [0, 0.1) is 18.3 Å². The standard InChI is InChI=1S/C10H7BrN4O/c1-5-2-3-7(16-5)8-9(11)14-6(4-12)10(13)15-8/h2-3H,1H3,(H2,13,15). The van der Waals surface area contributed by atoms with Crippen LogP contribution >= 0.6 is 15.9 Å². The molecule has 0 fully saturated rings. The number of aromatic nitrogens is 2. The minimum absolute atomic E-state index is 0.0924. The van der Waals surface area contributed by atoms with Crippen molar-refractivity contribution in [3.05, 3.63) is 28.2 Å². The molecule has 0 aliphatic rings. The minimum Gasteiger partial charge on any atom is -0.460 e. The summed E-state index contributed by atoms with van der Waals surface area (Å²) in [6.45, 7) is 1.83. The third-order valence-electron chi connectivity index (χ3n) is 1.96. The number of halogens is 1. The molecule has 2 aromatic rings. The molecule has 5 nitrogen and oxygen atoms in total. The number of hydrogen-bond acceptors (Lipinski definition) is 5. The van der Waals surface area contributed by atoms with Crippen molar-refractivity contribution < 1.29 is 4.42 Å². The number of aryl methyl sites for hydroxylation is 1. The zero-order valence-corrected chi connectivity index (χ0v) is 9.95. The summed E-state index contributed by atoms with van der Waals surface area (Å²) < 4.78 is 5.85. The SMILES string of the molecule is Cc1ccc(-c2nc(N)c(C#N)nc2Br)o1. The Kier molecular flexibility index (Phi) is 2.62. The number of rotatable bonds is 1. The van der Waals surface area contributed by atoms with E-state index in [0.717, 1.165) is 5.76 Å². The Balaban J connectivity index is 2.59. The lowest BCUT2D eigenvalue weighted by molar-refractivity contribution is 0.546. The van der Waals surface area contributed by atoms with E-state index in [1.165, 1.54) is 0 Å². The normalized spacial score (nSPS) is 10.1. The Morgan fingerprint density at radius 1 is 1.44 bits per heavy atom. The summed E-state index contributed by atoms with van der Waals surface area (Å²) in [5.41, 5.74) is 6.17. The first-order chi connectivity index (χ1) is 7.61. The van der Waals surface area contributed by atoms with E-state index in [4.69, 9.17) is 15.4 Å². The minimum atomic E-state index is 0.0924. The summed E-state index contributed by atoms with van der Waals surface area (Å²) in [7, 11) is 0. The van der Waals surface area contributed by atoms with Gasteiger partial charge in [-0.3, -0.25) is 0 Å². The van der Waals surface area contributed by atoms with Gasteiger partial charge in [-0.1, -0.05) is 0 Å². The van der Waals surface area contributed by atoms with Crippen LogP contribution in [-0.2, 0) is 0 Å². The van der Waals surface area contributed by atoms with Crippen molar-refractivity contribution in [1.82, 2.24) is 9.97 Å². The Bertz CT molecular complexity index is 585. The molecule has 0 atom stereocenters. The molecule has 0 aliphatic heterocycles. The van der Waals surface area contributed by atoms with Gasteiger partial charge in [-0.25, -0.2) is 9.97 Å². The number of furan rings is 1. The molecule has 0 spiro atoms. The van der Waals surface area contributed by atoms with Gasteiger partial charge >= 0.3 is 0 Å². The van der Waals surface area contributed by atoms with Crippen LogP contribution in [0.3, 0.4) is 0 Å². The fraction of sp³-hybridized carbons (Fsp3) is 0.100. The van der Waals surface area contributed by atoms with Crippen LogP contribution in [-0.4, -0.2) is 9.97 Å². The summed E-state index contributed by atoms with van der Waals surface area (Å²) in [6, 6.07) is 5.45. The second-order valence-electron chi connectivity index (χ2n) is 3.12. The topological polar surface area (TPSA) is 88.7 Å². The molecule has 2 aromatic heterocycles. The molecule has 16 heavy (non-hydrogen) atoms. The van der Waals surface area contributed by atoms with Crippen LogP contribution < -0.4 is 5.73 Å². The summed E-state index contributed by atoms with van der Waals surface area (Å²) >= 11 is 3.23. The molecule has 6 heteroatoms. The zero-order chi connectivity index (χ0) is 11.7. The van der Waals surface area contributed by atoms with Crippen LogP contribution in [0.25, 0.3) is 11.5 Å². The quantitative estimate of drug-likeness (QED) is 0.864. The van der Waals surface area contributed by atoms with Crippen LogP contribution in [0.1, 0.15) is 11.5 Å². The monoisotopic (exact) mass is 278 g/mol. The van der Waals surface area contributed by atoms with Gasteiger partial charge in [0.15, 0.2) is 17.3 Å². The first-order valence-electron chi connectivity index (χ1n) is 4.41. The molecule has 0 bridgehead atoms. The maximum Gasteiger partial charge on any atom is 0.183 e. The summed E-state index contributed by atoms with van der Waals surface area (Å²) in [5.74, 6) is 1.43. The van der Waals surface area contributed by atoms with Gasteiger partial charge in [-0.05, 0) is 35.0 Å². The fourth-order valence-corrected chi connectivity index (χ4v) is 1.69. The number of nitrogens with two attached hydrogens (primary N) is 1. The van der Waals surface area contributed by atoms with Crippen LogP contribution in [0.4, 0.5) is 5.82 Å². The van der Waals surface area contributed by atoms with Gasteiger partial charge < -0.3 is 10.2 Å². The van der Waals surface area contributed by atoms with Crippen molar-refractivity contribution in [2.24, 2.45) is 0 Å². The lowest BCUT2D eigenvalue weighted by atomic mass is 10.3. The number of hydrogen-bond donors (Lipinski definition) is 1. The van der Waals surface area contributed by atoms with Gasteiger partial charge in [0.2, 0.25) is 0 Å². The Labute approximate surface area is 100 Å². The van der Waals surface area contributed by atoms with Crippen LogP contribution in [0.5, 0.6) is 0 Å². The molecule has 2 N–H and O–H groups in total. The maximum absolute atomic E-state index is 8.73. The van der Waals surface area contributed by atoms with Gasteiger partial charge in [0.1, 0.15) is 22.1 Å². The molecule has 2 heterocycles. The summed E-state index contributed by atoms with van der Waals surface area (Å²) in [6.07, 6.45) is 0. The molecule has 0 unspecified atom stereocenters. The van der Waals surface area contributed by atoms with Crippen molar-refractivity contribution in [2.45, 2.75) is 6.92 Å². The summed E-state index contributed by atoms with van der Waals surface area (Å²) in [5, 5.41) is 8.73. The van der Waals surface area contributed by atoms with Gasteiger partial charge in [0.25, 0.3) is 0 Å². The van der Waals surface area contributed by atoms with Crippen molar-refractivity contribution in [1.29, 1.82) is 5.26 Å². The molecule has 0 amide bonds. The highest BCUT2D eigenvalue weighted by atomic mass is 79.9. The van der Waals surface area contributed by atoms with E-state index >= 15 is 0 Å². The number of nitriles is 1. The van der Waals surface area contributed by atoms with Crippen molar-refractivity contribution in [3.63, 3.8) is 0 Å². The highest BCUT2D eigenvalue weighted by Crippen LogP contribution is 2.27. The predicted molar refractivity (Wildman–Crippen MR) is 61.3 cm³/mol. The van der Waals surface area contributed by atoms with E-state index in [0.29, 0.717) is 16.1 Å². The highest BCUT2D eigenvalue weighted by Gasteiger charge is 2.14. The van der Waals surface area contributed by atoms with Crippen molar-refractivity contribution in [2.75, 3.05) is 5.73 Å². The van der Waals surface area contributed by atoms with Gasteiger partial charge in [-0.2, -0.15) is 5.26 Å². The predicted octanol–water partition coefficient (Wildman–Crippen LogP) is 2.26. The molecule has 2 rings (SSSR count). The molecular formula is C10H7BrN4O. The second kappa shape index (κ2) is 3.94. The Hall–Kier alpha value is -1.87. The number of anilines is 1. The van der Waals surface area contributed by atoms with Gasteiger partial charge in [0, 0.05) is 0 Å². The van der Waals surface area contributed by atoms with Crippen LogP contribution in [0.2, 0.25) is 0 Å². The third kappa shape index (κ3) is 1.77. The molecule has 0 saturated heterocycles. The van der Waals surface area contributed by atoms with E-state index in [-0.39, 0.29) is 11.5 Å². The maximum atomic E-state index is 8.73. The van der Waals surface area contributed by atoms with Gasteiger partial charge in [0.05, 0.1) is 0 Å². The molecule has 80 valence electrons. The van der Waals surface area contributed by atoms with Crippen LogP contribution in [0.15, 0.2) is 21.2 Å². The molecule has 0 aromatic carbocycles. The first kappa shape index (κ1) is 10.6. The van der Waals surface area contributed by atoms with E-state index in [2.05, 4.69) is 25.9 Å². The fourth-order valence-electron chi connectivity index (χ4n) is 1.23. The second-order valence-corrected chi connectivity index (χ2v) is 3.87. The average Bonchev–Trinajstić information content (AvgIpc) is 2.67. The smallest absolute Gasteiger partial charge is 0.183 e. The number of nitrogens with zero attached hydrogens (tertiary/aromatic N) is 3. The van der Waals surface area contributed by atoms with E-state index in [1.54, 1.807) is 6.07 Å². The lowest BCUT2D eigenvalue weighted by Crippen LogP contribution is -2.00. The molecule has 0 radical (unpaired) electrons. The Morgan fingerprint density at radius 3 is 2.75 bits per heavy atom. The average molecular weight is 279 g/mol. The highest BCUT2D eigenvalue weighted by molar-refractivity contribution is 9.10. The zero-order valence-electron chi connectivity index (χ0n) is 8.36. The lowest BCUT2D eigenvalue weighted by Gasteiger charge is -2.02. The summed E-state index contributed by atoms with van der Waals surface area (Å²) in [4.78, 5) is 8.06. The molecule has 0 saturated carbocycles. The largest absolute Gasteiger partial charge is 0.460 e. The van der Waals surface area contributed by atoms with E-state index < -0.39 is 0 Å². The first-order valence-corrected chi connectivity index (χ1v) is 5.21. The molecular weight excluding hydrogens is 272 g/mol. The van der Waals surface area contributed by atoms with E-state index in [1.807, 2.05) is 19.1 Å². The van der Waals surface area contributed by atoms with Crippen molar-refractivity contribution >= 4 is 21.7 Å². The van der Waals surface area contributed by atoms with Gasteiger partial charge in [-0.15, -0.1) is 0 Å².